The number of carboxylic acids is 1. The Morgan fingerprint density at radius 3 is 1.82 bits per heavy atom. The molecule has 0 spiro atoms. The molecule has 2 aromatic heterocycles. The molecule has 2 aromatic rings. The fourth-order valence-corrected chi connectivity index (χ4v) is 2.87. The van der Waals surface area contributed by atoms with E-state index in [2.05, 4.69) is 35.9 Å². The van der Waals surface area contributed by atoms with Crippen molar-refractivity contribution in [3.8, 4) is 0 Å². The van der Waals surface area contributed by atoms with Crippen molar-refractivity contribution >= 4 is 23.7 Å². The van der Waals surface area contributed by atoms with Gasteiger partial charge in [0.1, 0.15) is 24.2 Å². The number of aliphatic carboxylic acids is 1. The van der Waals surface area contributed by atoms with Gasteiger partial charge in [-0.1, -0.05) is 0 Å². The minimum absolute atomic E-state index is 0.0850. The van der Waals surface area contributed by atoms with E-state index in [-0.39, 0.29) is 12.8 Å². The molecule has 0 saturated carbocycles. The Kier molecular flexibility index (Phi) is 9.66. The van der Waals surface area contributed by atoms with Crippen LogP contribution in [0, 0.1) is 0 Å². The highest BCUT2D eigenvalue weighted by Gasteiger charge is 2.31. The van der Waals surface area contributed by atoms with Gasteiger partial charge in [0.25, 0.3) is 0 Å². The zero-order valence-corrected chi connectivity index (χ0v) is 18.3. The van der Waals surface area contributed by atoms with Crippen molar-refractivity contribution in [2.45, 2.75) is 50.0 Å². The number of carbonyl (C=O) groups excluding carboxylic acids is 3. The lowest BCUT2D eigenvalue weighted by atomic mass is 10.1. The van der Waals surface area contributed by atoms with Gasteiger partial charge in [-0.3, -0.25) is 14.4 Å². The van der Waals surface area contributed by atoms with Crippen LogP contribution in [0.3, 0.4) is 0 Å². The van der Waals surface area contributed by atoms with Crippen LogP contribution in [0.15, 0.2) is 25.0 Å². The Bertz CT molecular complexity index is 948. The van der Waals surface area contributed by atoms with Gasteiger partial charge in [0, 0.05) is 36.6 Å². The van der Waals surface area contributed by atoms with E-state index in [9.17, 15) is 34.5 Å². The zero-order chi connectivity index (χ0) is 25.3. The van der Waals surface area contributed by atoms with E-state index in [1.54, 1.807) is 0 Å². The molecule has 0 aromatic carbocycles. The van der Waals surface area contributed by atoms with Crippen molar-refractivity contribution in [2.24, 2.45) is 5.73 Å². The summed E-state index contributed by atoms with van der Waals surface area (Å²) in [5, 5.41) is 35.4. The molecule has 5 unspecified atom stereocenters. The smallest absolute Gasteiger partial charge is 0.326 e. The number of imidazole rings is 2. The Morgan fingerprint density at radius 1 is 0.912 bits per heavy atom. The Morgan fingerprint density at radius 2 is 1.38 bits per heavy atom. The number of aliphatic hydroxyl groups excluding tert-OH is 2. The molecule has 0 aliphatic heterocycles. The van der Waals surface area contributed by atoms with Crippen LogP contribution in [-0.4, -0.2) is 95.8 Å². The lowest BCUT2D eigenvalue weighted by Crippen LogP contribution is -2.59. The third-order valence-electron chi connectivity index (χ3n) is 4.84. The van der Waals surface area contributed by atoms with Gasteiger partial charge in [-0.05, 0) is 6.92 Å². The summed E-state index contributed by atoms with van der Waals surface area (Å²) < 4.78 is 0. The second kappa shape index (κ2) is 12.4. The van der Waals surface area contributed by atoms with Crippen LogP contribution in [0.25, 0.3) is 0 Å². The van der Waals surface area contributed by atoms with Crippen LogP contribution >= 0.6 is 0 Å². The highest BCUT2D eigenvalue weighted by molar-refractivity contribution is 5.94. The molecule has 2 rings (SSSR count). The molecule has 0 aliphatic rings. The number of amides is 3. The zero-order valence-electron chi connectivity index (χ0n) is 18.3. The summed E-state index contributed by atoms with van der Waals surface area (Å²) in [5.41, 5.74) is 6.46. The topological polar surface area (TPSA) is 248 Å². The van der Waals surface area contributed by atoms with E-state index in [1.165, 1.54) is 32.0 Å². The maximum Gasteiger partial charge on any atom is 0.326 e. The van der Waals surface area contributed by atoms with Crippen LogP contribution in [-0.2, 0) is 32.0 Å². The Labute approximate surface area is 193 Å². The number of hydrogen-bond acceptors (Lipinski definition) is 9. The number of rotatable bonds is 13. The molecule has 2 heterocycles. The van der Waals surface area contributed by atoms with Crippen molar-refractivity contribution < 1.29 is 34.5 Å². The maximum atomic E-state index is 12.9. The second-order valence-corrected chi connectivity index (χ2v) is 7.53. The molecule has 5 atom stereocenters. The minimum atomic E-state index is -1.48. The van der Waals surface area contributed by atoms with E-state index in [0.717, 1.165) is 0 Å². The fraction of sp³-hybridized carbons (Fsp3) is 0.474. The Balaban J connectivity index is 2.13. The molecule has 186 valence electrons. The number of H-pyrrole nitrogens is 2. The SMILES string of the molecule is CC(O)C(N)C(=O)NC(CO)C(=O)NC(Cc1cnc[nH]1)C(=O)NC(Cc1cnc[nH]1)C(=O)O. The number of carbonyl (C=O) groups is 4. The largest absolute Gasteiger partial charge is 0.480 e. The first-order valence-electron chi connectivity index (χ1n) is 10.2. The Hall–Kier alpha value is -3.82. The average Bonchev–Trinajstić information content (AvgIpc) is 3.49. The quantitative estimate of drug-likeness (QED) is 0.135. The highest BCUT2D eigenvalue weighted by Crippen LogP contribution is 2.04. The summed E-state index contributed by atoms with van der Waals surface area (Å²) in [6.45, 7) is 0.464. The van der Waals surface area contributed by atoms with E-state index >= 15 is 0 Å². The van der Waals surface area contributed by atoms with Crippen LogP contribution in [0.4, 0.5) is 0 Å². The normalized spacial score (nSPS) is 15.4. The number of nitrogens with one attached hydrogen (secondary N) is 5. The molecule has 3 amide bonds. The summed E-state index contributed by atoms with van der Waals surface area (Å²) in [6, 6.07) is -5.43. The number of nitrogens with two attached hydrogens (primary N) is 1. The van der Waals surface area contributed by atoms with Crippen LogP contribution < -0.4 is 21.7 Å². The van der Waals surface area contributed by atoms with Gasteiger partial charge in [-0.25, -0.2) is 14.8 Å². The van der Waals surface area contributed by atoms with Crippen LogP contribution in [0.1, 0.15) is 18.3 Å². The van der Waals surface area contributed by atoms with E-state index in [4.69, 9.17) is 5.73 Å². The van der Waals surface area contributed by atoms with Crippen molar-refractivity contribution in [3.63, 3.8) is 0 Å². The van der Waals surface area contributed by atoms with Gasteiger partial charge in [0.2, 0.25) is 17.7 Å². The summed E-state index contributed by atoms with van der Waals surface area (Å²) >= 11 is 0. The number of nitrogens with zero attached hydrogens (tertiary/aromatic N) is 2. The number of hydrogen-bond donors (Lipinski definition) is 9. The predicted molar refractivity (Wildman–Crippen MR) is 115 cm³/mol. The van der Waals surface area contributed by atoms with E-state index in [0.29, 0.717) is 11.4 Å². The third-order valence-corrected chi connectivity index (χ3v) is 4.84. The lowest BCUT2D eigenvalue weighted by Gasteiger charge is -2.24. The van der Waals surface area contributed by atoms with Crippen LogP contribution in [0.2, 0.25) is 0 Å². The van der Waals surface area contributed by atoms with Gasteiger partial charge in [0.05, 0.1) is 25.4 Å². The molecule has 0 fully saturated rings. The molecular formula is C19H28N8O7. The first-order chi connectivity index (χ1) is 16.1. The van der Waals surface area contributed by atoms with E-state index in [1.807, 2.05) is 0 Å². The maximum absolute atomic E-state index is 12.9. The van der Waals surface area contributed by atoms with Crippen molar-refractivity contribution in [2.75, 3.05) is 6.61 Å². The first kappa shape index (κ1) is 26.4. The molecule has 15 nitrogen and oxygen atoms in total. The highest BCUT2D eigenvalue weighted by atomic mass is 16.4. The van der Waals surface area contributed by atoms with Crippen LogP contribution in [0.5, 0.6) is 0 Å². The van der Waals surface area contributed by atoms with Gasteiger partial charge >= 0.3 is 5.97 Å². The first-order valence-corrected chi connectivity index (χ1v) is 10.2. The summed E-state index contributed by atoms with van der Waals surface area (Å²) in [7, 11) is 0. The van der Waals surface area contributed by atoms with Gasteiger partial charge in [0.15, 0.2) is 0 Å². The molecule has 0 bridgehead atoms. The van der Waals surface area contributed by atoms with Crippen molar-refractivity contribution in [3.05, 3.63) is 36.4 Å². The lowest BCUT2D eigenvalue weighted by molar-refractivity contribution is -0.142. The number of aromatic amines is 2. The molecule has 0 aliphatic carbocycles. The summed E-state index contributed by atoms with van der Waals surface area (Å²) in [6.07, 6.45) is 4.18. The molecular weight excluding hydrogens is 452 g/mol. The number of aliphatic hydroxyl groups is 2. The number of aromatic nitrogens is 4. The van der Waals surface area contributed by atoms with Crippen molar-refractivity contribution in [1.29, 1.82) is 0 Å². The summed E-state index contributed by atoms with van der Waals surface area (Å²) in [4.78, 5) is 62.5. The average molecular weight is 480 g/mol. The monoisotopic (exact) mass is 480 g/mol. The molecule has 10 N–H and O–H groups in total. The van der Waals surface area contributed by atoms with Gasteiger partial charge in [-0.15, -0.1) is 0 Å². The van der Waals surface area contributed by atoms with Gasteiger partial charge < -0.3 is 47.0 Å². The summed E-state index contributed by atoms with van der Waals surface area (Å²) in [5.74, 6) is -3.93. The fourth-order valence-electron chi connectivity index (χ4n) is 2.87. The molecule has 15 heteroatoms. The number of carboxylic acid groups (broad SMARTS) is 1. The minimum Gasteiger partial charge on any atom is -0.480 e. The predicted octanol–water partition coefficient (Wildman–Crippen LogP) is -3.84. The van der Waals surface area contributed by atoms with Crippen molar-refractivity contribution in [1.82, 2.24) is 35.9 Å². The molecule has 34 heavy (non-hydrogen) atoms. The second-order valence-electron chi connectivity index (χ2n) is 7.53. The van der Waals surface area contributed by atoms with E-state index < -0.39 is 60.6 Å². The molecule has 0 saturated heterocycles. The molecule has 0 radical (unpaired) electrons. The van der Waals surface area contributed by atoms with Gasteiger partial charge in [-0.2, -0.15) is 0 Å². The third kappa shape index (κ3) is 7.65. The standard InChI is InChI=1S/C19H28N8O7/c1-9(29)15(20)18(32)27-14(6-28)17(31)25-12(2-10-4-21-7-23-10)16(30)26-13(19(33)34)3-11-5-22-8-24-11/h4-5,7-9,12-15,28-29H,2-3,6,20H2,1H3,(H,21,23)(H,22,24)(H,25,31)(H,26,30)(H,27,32)(H,33,34).